The van der Waals surface area contributed by atoms with Crippen LogP contribution >= 0.6 is 0 Å². The average molecular weight is 465 g/mol. The van der Waals surface area contributed by atoms with Gasteiger partial charge in [0, 0.05) is 11.8 Å². The number of nitrogens with zero attached hydrogens (tertiary/aromatic N) is 2. The van der Waals surface area contributed by atoms with Gasteiger partial charge in [-0.1, -0.05) is 17.3 Å². The second-order valence-corrected chi connectivity index (χ2v) is 7.86. The van der Waals surface area contributed by atoms with Gasteiger partial charge in [-0.3, -0.25) is 14.5 Å². The monoisotopic (exact) mass is 465 g/mol. The van der Waals surface area contributed by atoms with Gasteiger partial charge in [0.15, 0.2) is 5.82 Å². The number of hydrogen-bond acceptors (Lipinski definition) is 8. The minimum atomic E-state index is -1.02. The van der Waals surface area contributed by atoms with Crippen molar-refractivity contribution in [2.24, 2.45) is 0 Å². The molecule has 3 aromatic rings. The van der Waals surface area contributed by atoms with E-state index in [1.165, 1.54) is 25.2 Å². The Hall–Kier alpha value is -4.34. The number of ketones is 1. The number of aromatic amines is 1. The average Bonchev–Trinajstić information content (AvgIpc) is 3.46. The summed E-state index contributed by atoms with van der Waals surface area (Å²) in [6, 6.07) is 7.30. The van der Waals surface area contributed by atoms with Gasteiger partial charge in [-0.2, -0.15) is 0 Å². The number of aliphatic hydroxyl groups is 1. The summed E-state index contributed by atoms with van der Waals surface area (Å²) in [6.45, 7) is 4.92. The van der Waals surface area contributed by atoms with Crippen LogP contribution in [0.15, 0.2) is 40.4 Å². The summed E-state index contributed by atoms with van der Waals surface area (Å²) >= 11 is 0. The number of aliphatic hydroxyl groups excluding tert-OH is 1. The normalized spacial score (nSPS) is 17.3. The first-order chi connectivity index (χ1) is 16.2. The Morgan fingerprint density at radius 3 is 2.53 bits per heavy atom. The number of H-pyrrole nitrogens is 1. The highest BCUT2D eigenvalue weighted by molar-refractivity contribution is 6.51. The lowest BCUT2D eigenvalue weighted by Gasteiger charge is -2.23. The molecule has 1 unspecified atom stereocenters. The standard InChI is InChI=1S/C24H23N3O7/c1-11-9-16(26-34-11)27-20(14-7-6-8-15(10-14)32-4)18(22(29)23(27)30)21(28)19-12(2)17(13(3)25-19)24(31)33-5/h6-10,20,25,28H,1-5H3/b21-18+. The van der Waals surface area contributed by atoms with Crippen LogP contribution in [0.2, 0.25) is 0 Å². The second-order valence-electron chi connectivity index (χ2n) is 7.86. The van der Waals surface area contributed by atoms with Gasteiger partial charge in [-0.05, 0) is 44.0 Å². The third kappa shape index (κ3) is 3.53. The van der Waals surface area contributed by atoms with Crippen molar-refractivity contribution in [1.82, 2.24) is 10.1 Å². The molecule has 0 saturated carbocycles. The van der Waals surface area contributed by atoms with Crippen LogP contribution in [0.3, 0.4) is 0 Å². The number of rotatable bonds is 5. The fourth-order valence-electron chi connectivity index (χ4n) is 4.19. The van der Waals surface area contributed by atoms with E-state index in [-0.39, 0.29) is 22.6 Å². The predicted octanol–water partition coefficient (Wildman–Crippen LogP) is 3.35. The van der Waals surface area contributed by atoms with Gasteiger partial charge in [0.05, 0.1) is 37.1 Å². The quantitative estimate of drug-likeness (QED) is 0.253. The molecule has 0 aliphatic carbocycles. The molecule has 176 valence electrons. The number of benzene rings is 1. The molecule has 0 spiro atoms. The maximum absolute atomic E-state index is 13.2. The van der Waals surface area contributed by atoms with Crippen LogP contribution in [0.25, 0.3) is 5.76 Å². The molecule has 1 fully saturated rings. The molecule has 4 rings (SSSR count). The summed E-state index contributed by atoms with van der Waals surface area (Å²) in [4.78, 5) is 42.7. The van der Waals surface area contributed by atoms with Crippen LogP contribution in [0.4, 0.5) is 5.82 Å². The highest BCUT2D eigenvalue weighted by atomic mass is 16.5. The Morgan fingerprint density at radius 2 is 1.91 bits per heavy atom. The number of aromatic nitrogens is 2. The number of esters is 1. The molecule has 0 radical (unpaired) electrons. The van der Waals surface area contributed by atoms with Crippen LogP contribution in [-0.2, 0) is 14.3 Å². The zero-order chi connectivity index (χ0) is 24.7. The molecule has 3 heterocycles. The molecule has 1 aliphatic rings. The first kappa shape index (κ1) is 22.8. The highest BCUT2D eigenvalue weighted by Gasteiger charge is 2.48. The van der Waals surface area contributed by atoms with Gasteiger partial charge >= 0.3 is 11.9 Å². The van der Waals surface area contributed by atoms with E-state index >= 15 is 0 Å². The summed E-state index contributed by atoms with van der Waals surface area (Å²) in [5.74, 6) is -1.76. The van der Waals surface area contributed by atoms with Crippen LogP contribution in [-0.4, -0.2) is 47.1 Å². The van der Waals surface area contributed by atoms with Crippen molar-refractivity contribution < 1.29 is 33.5 Å². The molecular formula is C24H23N3O7. The zero-order valence-corrected chi connectivity index (χ0v) is 19.3. The molecule has 1 amide bonds. The summed E-state index contributed by atoms with van der Waals surface area (Å²) in [5, 5.41) is 15.2. The molecule has 10 nitrogen and oxygen atoms in total. The number of hydrogen-bond donors (Lipinski definition) is 2. The predicted molar refractivity (Wildman–Crippen MR) is 121 cm³/mol. The SMILES string of the molecule is COC(=O)c1c(C)[nH]c(/C(O)=C2\C(=O)C(=O)N(c3cc(C)on3)C2c2cccc(OC)c2)c1C. The van der Waals surface area contributed by atoms with Crippen molar-refractivity contribution in [1.29, 1.82) is 0 Å². The summed E-state index contributed by atoms with van der Waals surface area (Å²) in [6.07, 6.45) is 0. The van der Waals surface area contributed by atoms with Gasteiger partial charge in [0.1, 0.15) is 17.3 Å². The number of nitrogens with one attached hydrogen (secondary N) is 1. The van der Waals surface area contributed by atoms with Crippen molar-refractivity contribution in [3.8, 4) is 5.75 Å². The minimum absolute atomic E-state index is 0.126. The third-order valence-corrected chi connectivity index (χ3v) is 5.78. The first-order valence-electron chi connectivity index (χ1n) is 10.4. The van der Waals surface area contributed by atoms with Gasteiger partial charge in [-0.15, -0.1) is 0 Å². The lowest BCUT2D eigenvalue weighted by Crippen LogP contribution is -2.29. The van der Waals surface area contributed by atoms with Crippen molar-refractivity contribution in [2.75, 3.05) is 19.1 Å². The molecular weight excluding hydrogens is 442 g/mol. The number of amides is 1. The number of carbonyl (C=O) groups excluding carboxylic acids is 3. The van der Waals surface area contributed by atoms with Gasteiger partial charge < -0.3 is 24.1 Å². The summed E-state index contributed by atoms with van der Waals surface area (Å²) < 4.78 is 15.3. The zero-order valence-electron chi connectivity index (χ0n) is 19.3. The van der Waals surface area contributed by atoms with Crippen molar-refractivity contribution in [3.05, 3.63) is 69.7 Å². The molecule has 2 N–H and O–H groups in total. The maximum atomic E-state index is 13.2. The van der Waals surface area contributed by atoms with E-state index in [9.17, 15) is 19.5 Å². The van der Waals surface area contributed by atoms with E-state index in [2.05, 4.69) is 10.1 Å². The number of methoxy groups -OCH3 is 2. The van der Waals surface area contributed by atoms with E-state index in [4.69, 9.17) is 14.0 Å². The van der Waals surface area contributed by atoms with E-state index < -0.39 is 29.5 Å². The van der Waals surface area contributed by atoms with Crippen molar-refractivity contribution in [2.45, 2.75) is 26.8 Å². The largest absolute Gasteiger partial charge is 0.505 e. The van der Waals surface area contributed by atoms with E-state index in [0.717, 1.165) is 0 Å². The van der Waals surface area contributed by atoms with Crippen LogP contribution in [0.1, 0.15) is 44.7 Å². The van der Waals surface area contributed by atoms with Crippen molar-refractivity contribution >= 4 is 29.2 Å². The van der Waals surface area contributed by atoms with Gasteiger partial charge in [0.2, 0.25) is 0 Å². The summed E-state index contributed by atoms with van der Waals surface area (Å²) in [7, 11) is 2.75. The van der Waals surface area contributed by atoms with Crippen molar-refractivity contribution in [3.63, 3.8) is 0 Å². The smallest absolute Gasteiger partial charge is 0.339 e. The Bertz CT molecular complexity index is 1350. The van der Waals surface area contributed by atoms with Crippen LogP contribution < -0.4 is 9.64 Å². The summed E-state index contributed by atoms with van der Waals surface area (Å²) in [5.41, 5.74) is 1.55. The molecule has 1 aromatic carbocycles. The fourth-order valence-corrected chi connectivity index (χ4v) is 4.19. The molecule has 0 bridgehead atoms. The Balaban J connectivity index is 1.98. The Labute approximate surface area is 194 Å². The first-order valence-corrected chi connectivity index (χ1v) is 10.4. The Morgan fingerprint density at radius 1 is 1.18 bits per heavy atom. The number of anilines is 1. The number of aryl methyl sites for hydroxylation is 2. The fraction of sp³-hybridized carbons (Fsp3) is 0.250. The molecule has 2 aromatic heterocycles. The van der Waals surface area contributed by atoms with Crippen LogP contribution in [0, 0.1) is 20.8 Å². The second kappa shape index (κ2) is 8.54. The van der Waals surface area contributed by atoms with Gasteiger partial charge in [0.25, 0.3) is 5.78 Å². The number of ether oxygens (including phenoxy) is 2. The van der Waals surface area contributed by atoms with Gasteiger partial charge in [-0.25, -0.2) is 4.79 Å². The Kier molecular flexibility index (Phi) is 5.74. The van der Waals surface area contributed by atoms with E-state index in [1.807, 2.05) is 0 Å². The molecule has 1 atom stereocenters. The number of carbonyl (C=O) groups is 3. The number of Topliss-reactive ketones (excluding diaryl/α,β-unsaturated/α-hetero) is 1. The molecule has 34 heavy (non-hydrogen) atoms. The van der Waals surface area contributed by atoms with Crippen LogP contribution in [0.5, 0.6) is 5.75 Å². The molecule has 10 heteroatoms. The molecule has 1 aliphatic heterocycles. The van der Waals surface area contributed by atoms with E-state index in [0.29, 0.717) is 28.3 Å². The molecule has 1 saturated heterocycles. The minimum Gasteiger partial charge on any atom is -0.505 e. The van der Waals surface area contributed by atoms with E-state index in [1.54, 1.807) is 45.0 Å². The highest BCUT2D eigenvalue weighted by Crippen LogP contribution is 2.43. The lowest BCUT2D eigenvalue weighted by atomic mass is 9.95. The third-order valence-electron chi connectivity index (χ3n) is 5.78. The lowest BCUT2D eigenvalue weighted by molar-refractivity contribution is -0.132. The topological polar surface area (TPSA) is 135 Å². The maximum Gasteiger partial charge on any atom is 0.339 e.